The van der Waals surface area contributed by atoms with E-state index < -0.39 is 0 Å². The van der Waals surface area contributed by atoms with Gasteiger partial charge in [0.1, 0.15) is 0 Å². The van der Waals surface area contributed by atoms with Crippen molar-refractivity contribution in [3.8, 4) is 0 Å². The lowest BCUT2D eigenvalue weighted by Gasteiger charge is -2.33. The van der Waals surface area contributed by atoms with Gasteiger partial charge in [0.05, 0.1) is 6.54 Å². The van der Waals surface area contributed by atoms with Crippen LogP contribution in [0, 0.1) is 5.92 Å². The number of piperidine rings is 1. The molecule has 5 heteroatoms. The van der Waals surface area contributed by atoms with E-state index in [0.717, 1.165) is 38.1 Å². The molecule has 0 saturated carbocycles. The average Bonchev–Trinajstić information content (AvgIpc) is 2.88. The van der Waals surface area contributed by atoms with Crippen LogP contribution < -0.4 is 5.32 Å². The van der Waals surface area contributed by atoms with E-state index in [-0.39, 0.29) is 0 Å². The highest BCUT2D eigenvalue weighted by Crippen LogP contribution is 2.15. The molecule has 0 bridgehead atoms. The minimum atomic E-state index is 0.767. The molecule has 1 fully saturated rings. The number of aromatic nitrogens is 2. The smallest absolute Gasteiger partial charge is 0.193 e. The topological polar surface area (TPSA) is 45.5 Å². The Labute approximate surface area is 109 Å². The Morgan fingerprint density at radius 1 is 1.56 bits per heavy atom. The summed E-state index contributed by atoms with van der Waals surface area (Å²) in [5.74, 6) is 1.79. The summed E-state index contributed by atoms with van der Waals surface area (Å²) in [6.07, 6.45) is 6.39. The summed E-state index contributed by atoms with van der Waals surface area (Å²) in [4.78, 5) is 6.73. The van der Waals surface area contributed by atoms with Gasteiger partial charge in [0, 0.05) is 39.1 Å². The van der Waals surface area contributed by atoms with Crippen molar-refractivity contribution in [1.82, 2.24) is 20.0 Å². The van der Waals surface area contributed by atoms with Gasteiger partial charge in [0.2, 0.25) is 0 Å². The number of nitrogens with one attached hydrogen (secondary N) is 1. The maximum absolute atomic E-state index is 4.37. The van der Waals surface area contributed by atoms with Crippen LogP contribution >= 0.6 is 0 Å². The van der Waals surface area contributed by atoms with Crippen LogP contribution in [0.25, 0.3) is 0 Å². The zero-order valence-corrected chi connectivity index (χ0v) is 11.3. The average molecular weight is 249 g/mol. The zero-order chi connectivity index (χ0) is 12.8. The molecule has 1 aliphatic rings. The Bertz CT molecular complexity index is 371. The van der Waals surface area contributed by atoms with E-state index in [9.17, 15) is 0 Å². The van der Waals surface area contributed by atoms with Gasteiger partial charge < -0.3 is 10.2 Å². The summed E-state index contributed by atoms with van der Waals surface area (Å²) in [5.41, 5.74) is 0. The van der Waals surface area contributed by atoms with Crippen LogP contribution in [0.3, 0.4) is 0 Å². The minimum Gasteiger partial charge on any atom is -0.354 e. The van der Waals surface area contributed by atoms with Crippen molar-refractivity contribution in [2.45, 2.75) is 26.3 Å². The molecule has 2 heterocycles. The lowest BCUT2D eigenvalue weighted by molar-refractivity contribution is 0.265. The molecule has 1 aliphatic heterocycles. The van der Waals surface area contributed by atoms with Gasteiger partial charge in [-0.3, -0.25) is 9.67 Å². The second-order valence-corrected chi connectivity index (χ2v) is 4.94. The number of hydrogen-bond acceptors (Lipinski definition) is 2. The van der Waals surface area contributed by atoms with Crippen molar-refractivity contribution in [1.29, 1.82) is 0 Å². The largest absolute Gasteiger partial charge is 0.354 e. The van der Waals surface area contributed by atoms with Crippen molar-refractivity contribution < 1.29 is 0 Å². The fourth-order valence-electron chi connectivity index (χ4n) is 2.43. The molecule has 1 N–H and O–H groups in total. The zero-order valence-electron chi connectivity index (χ0n) is 11.3. The van der Waals surface area contributed by atoms with Gasteiger partial charge in [0.15, 0.2) is 5.96 Å². The van der Waals surface area contributed by atoms with Crippen LogP contribution in [-0.2, 0) is 6.54 Å². The van der Waals surface area contributed by atoms with Gasteiger partial charge in [-0.05, 0) is 24.8 Å². The van der Waals surface area contributed by atoms with Gasteiger partial charge in [-0.1, -0.05) is 6.92 Å². The molecule has 0 aliphatic carbocycles. The second kappa shape index (κ2) is 6.42. The molecule has 0 aromatic carbocycles. The Balaban J connectivity index is 1.78. The first-order valence-corrected chi connectivity index (χ1v) is 6.72. The first kappa shape index (κ1) is 12.9. The van der Waals surface area contributed by atoms with E-state index in [1.54, 1.807) is 6.20 Å². The van der Waals surface area contributed by atoms with Crippen LogP contribution in [0.1, 0.15) is 19.8 Å². The Morgan fingerprint density at radius 3 is 3.11 bits per heavy atom. The predicted octanol–water partition coefficient (Wildman–Crippen LogP) is 1.19. The molecule has 1 unspecified atom stereocenters. The summed E-state index contributed by atoms with van der Waals surface area (Å²) in [6, 6.07) is 1.95. The fourth-order valence-corrected chi connectivity index (χ4v) is 2.43. The van der Waals surface area contributed by atoms with E-state index in [4.69, 9.17) is 0 Å². The molecule has 1 aromatic rings. The molecule has 2 rings (SSSR count). The highest BCUT2D eigenvalue weighted by atomic mass is 15.3. The second-order valence-electron chi connectivity index (χ2n) is 4.94. The summed E-state index contributed by atoms with van der Waals surface area (Å²) in [6.45, 7) is 6.27. The predicted molar refractivity (Wildman–Crippen MR) is 73.6 cm³/mol. The first-order chi connectivity index (χ1) is 8.79. The van der Waals surface area contributed by atoms with Crippen molar-refractivity contribution in [3.05, 3.63) is 18.5 Å². The van der Waals surface area contributed by atoms with Crippen LogP contribution in [-0.4, -0.2) is 47.3 Å². The third-order valence-electron chi connectivity index (χ3n) is 3.35. The van der Waals surface area contributed by atoms with E-state index in [0.29, 0.717) is 0 Å². The molecule has 18 heavy (non-hydrogen) atoms. The number of guanidine groups is 1. The third kappa shape index (κ3) is 3.48. The van der Waals surface area contributed by atoms with E-state index in [2.05, 4.69) is 27.2 Å². The molecule has 0 radical (unpaired) electrons. The van der Waals surface area contributed by atoms with E-state index >= 15 is 0 Å². The van der Waals surface area contributed by atoms with Crippen molar-refractivity contribution in [2.24, 2.45) is 10.9 Å². The molecule has 1 atom stereocenters. The number of hydrogen-bond donors (Lipinski definition) is 1. The highest BCUT2D eigenvalue weighted by Gasteiger charge is 2.18. The quantitative estimate of drug-likeness (QED) is 0.646. The lowest BCUT2D eigenvalue weighted by Crippen LogP contribution is -2.46. The number of nitrogens with zero attached hydrogens (tertiary/aromatic N) is 4. The molecule has 5 nitrogen and oxygen atoms in total. The number of rotatable bonds is 3. The van der Waals surface area contributed by atoms with Gasteiger partial charge in [-0.2, -0.15) is 5.10 Å². The summed E-state index contributed by atoms with van der Waals surface area (Å²) in [5, 5.41) is 7.60. The van der Waals surface area contributed by atoms with Crippen LogP contribution in [0.2, 0.25) is 0 Å². The van der Waals surface area contributed by atoms with Crippen LogP contribution in [0.5, 0.6) is 0 Å². The van der Waals surface area contributed by atoms with Gasteiger partial charge >= 0.3 is 0 Å². The van der Waals surface area contributed by atoms with E-state index in [1.807, 2.05) is 24.0 Å². The first-order valence-electron chi connectivity index (χ1n) is 6.72. The molecule has 0 amide bonds. The van der Waals surface area contributed by atoms with Gasteiger partial charge in [-0.15, -0.1) is 0 Å². The molecule has 0 spiro atoms. The fraction of sp³-hybridized carbons (Fsp3) is 0.692. The Morgan fingerprint density at radius 2 is 2.44 bits per heavy atom. The van der Waals surface area contributed by atoms with E-state index in [1.165, 1.54) is 12.8 Å². The number of aliphatic imine (C=N–C) groups is 1. The summed E-state index contributed by atoms with van der Waals surface area (Å²) >= 11 is 0. The van der Waals surface area contributed by atoms with Crippen molar-refractivity contribution in [3.63, 3.8) is 0 Å². The number of likely N-dealkylation sites (tertiary alicyclic amines) is 1. The van der Waals surface area contributed by atoms with Crippen LogP contribution in [0.15, 0.2) is 23.5 Å². The molecule has 1 saturated heterocycles. The molecular weight excluding hydrogens is 226 g/mol. The normalized spacial score (nSPS) is 21.1. The standard InChI is InChI=1S/C13H23N5/c1-12-5-3-8-17(11-12)13(14-2)15-7-10-18-9-4-6-16-18/h4,6,9,12H,3,5,7-8,10-11H2,1-2H3,(H,14,15). The lowest BCUT2D eigenvalue weighted by atomic mass is 10.0. The monoisotopic (exact) mass is 249 g/mol. The summed E-state index contributed by atoms with van der Waals surface area (Å²) < 4.78 is 1.93. The summed E-state index contributed by atoms with van der Waals surface area (Å²) in [7, 11) is 1.86. The van der Waals surface area contributed by atoms with Gasteiger partial charge in [-0.25, -0.2) is 0 Å². The molecular formula is C13H23N5. The highest BCUT2D eigenvalue weighted by molar-refractivity contribution is 5.79. The maximum atomic E-state index is 4.37. The van der Waals surface area contributed by atoms with Gasteiger partial charge in [0.25, 0.3) is 0 Å². The maximum Gasteiger partial charge on any atom is 0.193 e. The third-order valence-corrected chi connectivity index (χ3v) is 3.35. The minimum absolute atomic E-state index is 0.767. The Kier molecular flexibility index (Phi) is 4.61. The SMILES string of the molecule is CN=C(NCCn1cccn1)N1CCCC(C)C1. The van der Waals surface area contributed by atoms with Crippen molar-refractivity contribution in [2.75, 3.05) is 26.7 Å². The Hall–Kier alpha value is -1.52. The molecule has 1 aromatic heterocycles. The molecule has 100 valence electrons. The van der Waals surface area contributed by atoms with Crippen molar-refractivity contribution >= 4 is 5.96 Å². The van der Waals surface area contributed by atoms with Crippen LogP contribution in [0.4, 0.5) is 0 Å².